The van der Waals surface area contributed by atoms with Crippen molar-refractivity contribution in [3.05, 3.63) is 81.7 Å². The van der Waals surface area contributed by atoms with Crippen LogP contribution >= 0.6 is 23.1 Å². The zero-order valence-corrected chi connectivity index (χ0v) is 16.7. The third-order valence-corrected chi connectivity index (χ3v) is 5.85. The van der Waals surface area contributed by atoms with Gasteiger partial charge in [0.05, 0.1) is 17.0 Å². The van der Waals surface area contributed by atoms with E-state index in [2.05, 4.69) is 10.3 Å². The highest BCUT2D eigenvalue weighted by Crippen LogP contribution is 2.24. The predicted octanol–water partition coefficient (Wildman–Crippen LogP) is 4.60. The van der Waals surface area contributed by atoms with Crippen LogP contribution in [0.2, 0.25) is 0 Å². The van der Waals surface area contributed by atoms with Crippen LogP contribution in [-0.2, 0) is 4.79 Å². The van der Waals surface area contributed by atoms with E-state index in [1.165, 1.54) is 24.3 Å². The number of fused-ring (bicyclic) bond motifs is 1. The van der Waals surface area contributed by atoms with Crippen molar-refractivity contribution in [2.24, 2.45) is 0 Å². The third kappa shape index (κ3) is 4.24. The molecule has 152 valence electrons. The minimum absolute atomic E-state index is 0.0262. The van der Waals surface area contributed by atoms with Gasteiger partial charge in [0.1, 0.15) is 22.2 Å². The molecule has 0 aliphatic carbocycles. The first kappa shape index (κ1) is 20.2. The van der Waals surface area contributed by atoms with Gasteiger partial charge in [-0.1, -0.05) is 11.8 Å². The monoisotopic (exact) mass is 447 g/mol. The molecule has 0 saturated carbocycles. The number of halogens is 3. The molecule has 4 rings (SSSR count). The first-order chi connectivity index (χ1) is 14.4. The standard InChI is InChI=1S/C20H12F3N3O2S2/c21-11-1-3-14(4-2-11)24-17(27)10-30-20-25-16-5-6-29-18(16)19(28)26(20)15-8-12(22)7-13(23)9-15/h1-9H,10H2,(H,24,27). The minimum atomic E-state index is -0.840. The van der Waals surface area contributed by atoms with Gasteiger partial charge in [-0.25, -0.2) is 18.2 Å². The largest absolute Gasteiger partial charge is 0.325 e. The van der Waals surface area contributed by atoms with Crippen molar-refractivity contribution in [3.8, 4) is 5.69 Å². The van der Waals surface area contributed by atoms with Crippen LogP contribution in [0.4, 0.5) is 18.9 Å². The van der Waals surface area contributed by atoms with Gasteiger partial charge < -0.3 is 5.32 Å². The highest BCUT2D eigenvalue weighted by atomic mass is 32.2. The van der Waals surface area contributed by atoms with Crippen molar-refractivity contribution in [1.82, 2.24) is 9.55 Å². The summed E-state index contributed by atoms with van der Waals surface area (Å²) in [6.45, 7) is 0. The lowest BCUT2D eigenvalue weighted by Crippen LogP contribution is -2.22. The molecule has 4 aromatic rings. The first-order valence-electron chi connectivity index (χ1n) is 8.55. The maximum Gasteiger partial charge on any atom is 0.276 e. The summed E-state index contributed by atoms with van der Waals surface area (Å²) in [6, 6.07) is 9.66. The average molecular weight is 447 g/mol. The maximum absolute atomic E-state index is 13.7. The van der Waals surface area contributed by atoms with Gasteiger partial charge in [0.15, 0.2) is 5.16 Å². The average Bonchev–Trinajstić information content (AvgIpc) is 3.16. The molecular formula is C20H12F3N3O2S2. The summed E-state index contributed by atoms with van der Waals surface area (Å²) in [4.78, 5) is 29.6. The second-order valence-corrected chi connectivity index (χ2v) is 8.00. The van der Waals surface area contributed by atoms with Crippen molar-refractivity contribution >= 4 is 44.9 Å². The molecule has 0 atom stereocenters. The highest BCUT2D eigenvalue weighted by molar-refractivity contribution is 7.99. The van der Waals surface area contributed by atoms with Gasteiger partial charge >= 0.3 is 0 Å². The summed E-state index contributed by atoms with van der Waals surface area (Å²) < 4.78 is 41.9. The summed E-state index contributed by atoms with van der Waals surface area (Å²) >= 11 is 2.11. The van der Waals surface area contributed by atoms with Crippen molar-refractivity contribution in [1.29, 1.82) is 0 Å². The Bertz CT molecular complexity index is 1280. The van der Waals surface area contributed by atoms with Crippen LogP contribution in [0, 0.1) is 17.5 Å². The van der Waals surface area contributed by atoms with E-state index in [4.69, 9.17) is 0 Å². The van der Waals surface area contributed by atoms with Gasteiger partial charge in [0.25, 0.3) is 5.56 Å². The Hall–Kier alpha value is -3.11. The summed E-state index contributed by atoms with van der Waals surface area (Å²) in [5.74, 6) is -2.65. The minimum Gasteiger partial charge on any atom is -0.325 e. The van der Waals surface area contributed by atoms with Crippen LogP contribution in [0.3, 0.4) is 0 Å². The lowest BCUT2D eigenvalue weighted by Gasteiger charge is -2.12. The first-order valence-corrected chi connectivity index (χ1v) is 10.4. The van der Waals surface area contributed by atoms with E-state index in [1.54, 1.807) is 11.4 Å². The Morgan fingerprint density at radius 1 is 1.03 bits per heavy atom. The molecule has 10 heteroatoms. The van der Waals surface area contributed by atoms with Crippen molar-refractivity contribution in [2.45, 2.75) is 5.16 Å². The molecule has 2 aromatic carbocycles. The predicted molar refractivity (Wildman–Crippen MR) is 111 cm³/mol. The molecule has 0 saturated heterocycles. The molecule has 0 aliphatic heterocycles. The molecule has 0 radical (unpaired) electrons. The van der Waals surface area contributed by atoms with E-state index >= 15 is 0 Å². The molecule has 30 heavy (non-hydrogen) atoms. The number of aromatic nitrogens is 2. The van der Waals surface area contributed by atoms with Gasteiger partial charge in [0.2, 0.25) is 5.91 Å². The van der Waals surface area contributed by atoms with Crippen LogP contribution < -0.4 is 10.9 Å². The normalized spacial score (nSPS) is 11.0. The Morgan fingerprint density at radius 2 is 1.73 bits per heavy atom. The number of amides is 1. The Kier molecular flexibility index (Phi) is 5.60. The number of carbonyl (C=O) groups is 1. The SMILES string of the molecule is O=C(CSc1nc2ccsc2c(=O)n1-c1cc(F)cc(F)c1)Nc1ccc(F)cc1. The molecule has 0 fully saturated rings. The molecule has 0 unspecified atom stereocenters. The third-order valence-electron chi connectivity index (χ3n) is 4.02. The molecule has 1 N–H and O–H groups in total. The van der Waals surface area contributed by atoms with Crippen molar-refractivity contribution < 1.29 is 18.0 Å². The quantitative estimate of drug-likeness (QED) is 0.359. The Morgan fingerprint density at radius 3 is 2.43 bits per heavy atom. The lowest BCUT2D eigenvalue weighted by atomic mass is 10.3. The van der Waals surface area contributed by atoms with Crippen LogP contribution in [-0.4, -0.2) is 21.2 Å². The summed E-state index contributed by atoms with van der Waals surface area (Å²) in [5.41, 5.74) is 0.329. The molecule has 2 aromatic heterocycles. The van der Waals surface area contributed by atoms with E-state index in [0.29, 0.717) is 22.0 Å². The second-order valence-electron chi connectivity index (χ2n) is 6.14. The topological polar surface area (TPSA) is 64.0 Å². The highest BCUT2D eigenvalue weighted by Gasteiger charge is 2.17. The van der Waals surface area contributed by atoms with Gasteiger partial charge in [-0.05, 0) is 47.8 Å². The van der Waals surface area contributed by atoms with Crippen molar-refractivity contribution in [2.75, 3.05) is 11.1 Å². The van der Waals surface area contributed by atoms with Gasteiger partial charge in [-0.15, -0.1) is 11.3 Å². The van der Waals surface area contributed by atoms with Gasteiger partial charge in [-0.2, -0.15) is 0 Å². The van der Waals surface area contributed by atoms with Crippen LogP contribution in [0.15, 0.2) is 63.9 Å². The zero-order chi connectivity index (χ0) is 21.3. The fraction of sp³-hybridized carbons (Fsp3) is 0.0500. The number of rotatable bonds is 5. The van der Waals surface area contributed by atoms with E-state index in [9.17, 15) is 22.8 Å². The number of carbonyl (C=O) groups excluding carboxylic acids is 1. The zero-order valence-electron chi connectivity index (χ0n) is 15.1. The van der Waals surface area contributed by atoms with Crippen LogP contribution in [0.1, 0.15) is 0 Å². The molecule has 0 spiro atoms. The van der Waals surface area contributed by atoms with Crippen LogP contribution in [0.25, 0.3) is 15.9 Å². The molecule has 5 nitrogen and oxygen atoms in total. The Labute approximate surface area is 176 Å². The van der Waals surface area contributed by atoms with E-state index in [1.807, 2.05) is 0 Å². The maximum atomic E-state index is 13.7. The fourth-order valence-corrected chi connectivity index (χ4v) is 4.32. The number of thioether (sulfide) groups is 1. The van der Waals surface area contributed by atoms with Gasteiger partial charge in [0, 0.05) is 11.8 Å². The fourth-order valence-electron chi connectivity index (χ4n) is 2.75. The molecule has 1 amide bonds. The summed E-state index contributed by atoms with van der Waals surface area (Å²) in [7, 11) is 0. The number of hydrogen-bond acceptors (Lipinski definition) is 5. The van der Waals surface area contributed by atoms with E-state index in [-0.39, 0.29) is 16.6 Å². The number of nitrogens with zero attached hydrogens (tertiary/aromatic N) is 2. The summed E-state index contributed by atoms with van der Waals surface area (Å²) in [6.07, 6.45) is 0. The number of anilines is 1. The number of benzene rings is 2. The molecule has 2 heterocycles. The molecule has 0 bridgehead atoms. The number of nitrogens with one attached hydrogen (secondary N) is 1. The molecular weight excluding hydrogens is 435 g/mol. The number of hydrogen-bond donors (Lipinski definition) is 1. The number of thiophene rings is 1. The van der Waals surface area contributed by atoms with Crippen molar-refractivity contribution in [3.63, 3.8) is 0 Å². The smallest absolute Gasteiger partial charge is 0.276 e. The summed E-state index contributed by atoms with van der Waals surface area (Å²) in [5, 5.41) is 4.41. The Balaban J connectivity index is 1.66. The lowest BCUT2D eigenvalue weighted by molar-refractivity contribution is -0.113. The van der Waals surface area contributed by atoms with E-state index in [0.717, 1.165) is 39.8 Å². The van der Waals surface area contributed by atoms with Crippen LogP contribution in [0.5, 0.6) is 0 Å². The second kappa shape index (κ2) is 8.33. The molecule has 0 aliphatic rings. The van der Waals surface area contributed by atoms with Gasteiger partial charge in [-0.3, -0.25) is 14.2 Å². The van der Waals surface area contributed by atoms with E-state index < -0.39 is 28.9 Å².